The average molecular weight is 438 g/mol. The molecule has 2 aliphatic rings. The number of benzene rings is 1. The molecule has 7 nitrogen and oxygen atoms in total. The van der Waals surface area contributed by atoms with Gasteiger partial charge in [-0.1, -0.05) is 31.4 Å². The molecule has 2 fully saturated rings. The molecule has 0 bridgehead atoms. The molecule has 1 aromatic heterocycles. The molecular formula is C25H31N3O4. The third-order valence-corrected chi connectivity index (χ3v) is 6.97. The van der Waals surface area contributed by atoms with Gasteiger partial charge in [0.15, 0.2) is 11.5 Å². The Balaban J connectivity index is 1.51. The van der Waals surface area contributed by atoms with Crippen molar-refractivity contribution in [1.29, 1.82) is 0 Å². The Kier molecular flexibility index (Phi) is 6.63. The number of pyridine rings is 1. The fraction of sp³-hybridized carbons (Fsp3) is 0.480. The number of rotatable bonds is 6. The van der Waals surface area contributed by atoms with Crippen LogP contribution in [0.2, 0.25) is 0 Å². The molecule has 2 heterocycles. The smallest absolute Gasteiger partial charge is 0.254 e. The van der Waals surface area contributed by atoms with E-state index in [1.165, 1.54) is 6.42 Å². The number of methoxy groups -OCH3 is 2. The summed E-state index contributed by atoms with van der Waals surface area (Å²) in [6, 6.07) is 9.11. The van der Waals surface area contributed by atoms with E-state index in [1.54, 1.807) is 38.7 Å². The van der Waals surface area contributed by atoms with Crippen molar-refractivity contribution in [2.75, 3.05) is 27.3 Å². The van der Waals surface area contributed by atoms with E-state index in [0.29, 0.717) is 36.7 Å². The minimum atomic E-state index is -0.217. The van der Waals surface area contributed by atoms with Gasteiger partial charge in [0.05, 0.1) is 20.1 Å². The number of amides is 2. The van der Waals surface area contributed by atoms with Gasteiger partial charge in [0, 0.05) is 48.6 Å². The van der Waals surface area contributed by atoms with E-state index in [1.807, 2.05) is 23.1 Å². The highest BCUT2D eigenvalue weighted by molar-refractivity contribution is 5.95. The number of nitrogens with zero attached hydrogens (tertiary/aromatic N) is 2. The molecule has 1 saturated heterocycles. The average Bonchev–Trinajstić information content (AvgIpc) is 3.21. The minimum Gasteiger partial charge on any atom is -0.493 e. The number of ether oxygens (including phenoxy) is 2. The molecule has 1 atom stereocenters. The number of para-hydroxylation sites is 1. The number of nitrogens with one attached hydrogen (secondary N) is 1. The Labute approximate surface area is 189 Å². The van der Waals surface area contributed by atoms with Crippen molar-refractivity contribution in [3.05, 3.63) is 53.9 Å². The van der Waals surface area contributed by atoms with E-state index in [-0.39, 0.29) is 23.1 Å². The second kappa shape index (κ2) is 9.59. The predicted octanol–water partition coefficient (Wildman–Crippen LogP) is 3.44. The molecule has 1 spiro atoms. The Morgan fingerprint density at radius 1 is 1.09 bits per heavy atom. The van der Waals surface area contributed by atoms with Crippen molar-refractivity contribution in [3.8, 4) is 11.5 Å². The highest BCUT2D eigenvalue weighted by atomic mass is 16.5. The molecule has 1 aliphatic carbocycles. The van der Waals surface area contributed by atoms with E-state index in [4.69, 9.17) is 9.47 Å². The van der Waals surface area contributed by atoms with Crippen LogP contribution in [0.3, 0.4) is 0 Å². The predicted molar refractivity (Wildman–Crippen MR) is 121 cm³/mol. The molecule has 1 N–H and O–H groups in total. The zero-order chi connectivity index (χ0) is 22.6. The lowest BCUT2D eigenvalue weighted by Crippen LogP contribution is -2.42. The van der Waals surface area contributed by atoms with Crippen molar-refractivity contribution in [2.45, 2.75) is 38.6 Å². The summed E-state index contributed by atoms with van der Waals surface area (Å²) in [6.45, 7) is 1.43. The standard InChI is InChI=1S/C25H31N3O4/c1-31-21-8-6-7-19(22(21)32-2)15-27-23(29)20-16-28(17-25(20)11-4-3-5-12-25)24(30)18-9-13-26-14-10-18/h6-10,13-14,20H,3-5,11-12,15-17H2,1-2H3,(H,27,29). The maximum Gasteiger partial charge on any atom is 0.254 e. The summed E-state index contributed by atoms with van der Waals surface area (Å²) in [5, 5.41) is 3.12. The summed E-state index contributed by atoms with van der Waals surface area (Å²) in [7, 11) is 3.19. The van der Waals surface area contributed by atoms with Gasteiger partial charge in [0.25, 0.3) is 5.91 Å². The Bertz CT molecular complexity index is 957. The highest BCUT2D eigenvalue weighted by Crippen LogP contribution is 2.48. The molecule has 170 valence electrons. The molecule has 4 rings (SSSR count). The lowest BCUT2D eigenvalue weighted by atomic mass is 9.67. The van der Waals surface area contributed by atoms with Gasteiger partial charge in [-0.15, -0.1) is 0 Å². The van der Waals surface area contributed by atoms with Crippen molar-refractivity contribution < 1.29 is 19.1 Å². The van der Waals surface area contributed by atoms with Crippen molar-refractivity contribution >= 4 is 11.8 Å². The summed E-state index contributed by atoms with van der Waals surface area (Å²) in [5.74, 6) is 1.02. The van der Waals surface area contributed by atoms with Gasteiger partial charge in [-0.05, 0) is 31.0 Å². The molecule has 1 unspecified atom stereocenters. The van der Waals surface area contributed by atoms with Gasteiger partial charge in [-0.2, -0.15) is 0 Å². The van der Waals surface area contributed by atoms with E-state index in [0.717, 1.165) is 31.2 Å². The monoisotopic (exact) mass is 437 g/mol. The molecule has 7 heteroatoms. The first kappa shape index (κ1) is 22.1. The molecule has 1 aliphatic heterocycles. The molecule has 1 saturated carbocycles. The Hall–Kier alpha value is -3.09. The maximum absolute atomic E-state index is 13.4. The lowest BCUT2D eigenvalue weighted by molar-refractivity contribution is -0.128. The third-order valence-electron chi connectivity index (χ3n) is 6.97. The Morgan fingerprint density at radius 2 is 1.84 bits per heavy atom. The van der Waals surface area contributed by atoms with Gasteiger partial charge in [-0.25, -0.2) is 0 Å². The first-order chi connectivity index (χ1) is 15.6. The Morgan fingerprint density at radius 3 is 2.53 bits per heavy atom. The topological polar surface area (TPSA) is 80.8 Å². The van der Waals surface area contributed by atoms with Gasteiger partial charge in [-0.3, -0.25) is 14.6 Å². The highest BCUT2D eigenvalue weighted by Gasteiger charge is 2.51. The lowest BCUT2D eigenvalue weighted by Gasteiger charge is -2.37. The van der Waals surface area contributed by atoms with Gasteiger partial charge in [0.2, 0.25) is 5.91 Å². The first-order valence-corrected chi connectivity index (χ1v) is 11.2. The second-order valence-corrected chi connectivity index (χ2v) is 8.77. The van der Waals surface area contributed by atoms with Crippen LogP contribution in [-0.4, -0.2) is 49.0 Å². The summed E-state index contributed by atoms with van der Waals surface area (Å²) in [5.41, 5.74) is 1.33. The van der Waals surface area contributed by atoms with Crippen molar-refractivity contribution in [1.82, 2.24) is 15.2 Å². The van der Waals surface area contributed by atoms with Crippen LogP contribution >= 0.6 is 0 Å². The zero-order valence-corrected chi connectivity index (χ0v) is 18.8. The van der Waals surface area contributed by atoms with Crippen LogP contribution in [0.15, 0.2) is 42.7 Å². The number of hydrogen-bond donors (Lipinski definition) is 1. The van der Waals surface area contributed by atoms with E-state index < -0.39 is 0 Å². The zero-order valence-electron chi connectivity index (χ0n) is 18.8. The quantitative estimate of drug-likeness (QED) is 0.749. The van der Waals surface area contributed by atoms with E-state index >= 15 is 0 Å². The van der Waals surface area contributed by atoms with Crippen LogP contribution < -0.4 is 14.8 Å². The molecule has 0 radical (unpaired) electrons. The summed E-state index contributed by atoms with van der Waals surface area (Å²) in [4.78, 5) is 32.4. The number of likely N-dealkylation sites (tertiary alicyclic amines) is 1. The van der Waals surface area contributed by atoms with Crippen LogP contribution in [0.25, 0.3) is 0 Å². The molecular weight excluding hydrogens is 406 g/mol. The van der Waals surface area contributed by atoms with Crippen molar-refractivity contribution in [3.63, 3.8) is 0 Å². The number of hydrogen-bond acceptors (Lipinski definition) is 5. The largest absolute Gasteiger partial charge is 0.493 e. The molecule has 32 heavy (non-hydrogen) atoms. The minimum absolute atomic E-state index is 0.00167. The van der Waals surface area contributed by atoms with Crippen LogP contribution in [0.1, 0.15) is 48.0 Å². The van der Waals surface area contributed by atoms with Crippen LogP contribution in [0, 0.1) is 11.3 Å². The van der Waals surface area contributed by atoms with Crippen molar-refractivity contribution in [2.24, 2.45) is 11.3 Å². The van der Waals surface area contributed by atoms with E-state index in [9.17, 15) is 9.59 Å². The fourth-order valence-corrected chi connectivity index (χ4v) is 5.32. The second-order valence-electron chi connectivity index (χ2n) is 8.77. The third kappa shape index (κ3) is 4.29. The van der Waals surface area contributed by atoms with Crippen LogP contribution in [-0.2, 0) is 11.3 Å². The number of carbonyl (C=O) groups is 2. The normalized spacial score (nSPS) is 19.6. The molecule has 2 aromatic rings. The number of aromatic nitrogens is 1. The maximum atomic E-state index is 13.4. The van der Waals surface area contributed by atoms with Crippen LogP contribution in [0.4, 0.5) is 0 Å². The molecule has 2 amide bonds. The van der Waals surface area contributed by atoms with Crippen LogP contribution in [0.5, 0.6) is 11.5 Å². The van der Waals surface area contributed by atoms with E-state index in [2.05, 4.69) is 10.3 Å². The molecule has 1 aromatic carbocycles. The SMILES string of the molecule is COc1cccc(CNC(=O)C2CN(C(=O)c3ccncc3)CC23CCCCC3)c1OC. The number of carbonyl (C=O) groups excluding carboxylic acids is 2. The summed E-state index contributed by atoms with van der Waals surface area (Å²) in [6.07, 6.45) is 8.61. The first-order valence-electron chi connectivity index (χ1n) is 11.2. The fourth-order valence-electron chi connectivity index (χ4n) is 5.32. The van der Waals surface area contributed by atoms with Gasteiger partial charge in [0.1, 0.15) is 0 Å². The van der Waals surface area contributed by atoms with Gasteiger partial charge >= 0.3 is 0 Å². The van der Waals surface area contributed by atoms with Gasteiger partial charge < -0.3 is 19.7 Å². The summed E-state index contributed by atoms with van der Waals surface area (Å²) >= 11 is 0. The summed E-state index contributed by atoms with van der Waals surface area (Å²) < 4.78 is 10.9.